The maximum absolute atomic E-state index is 5.76. The van der Waals surface area contributed by atoms with Gasteiger partial charge in [0, 0.05) is 23.3 Å². The van der Waals surface area contributed by atoms with Crippen molar-refractivity contribution in [2.75, 3.05) is 7.11 Å². The number of ether oxygens (including phenoxy) is 1. The van der Waals surface area contributed by atoms with Crippen molar-refractivity contribution in [2.24, 2.45) is 5.73 Å². The molecule has 0 unspecified atom stereocenters. The highest BCUT2D eigenvalue weighted by atomic mass is 16.5. The third-order valence-electron chi connectivity index (χ3n) is 3.93. The molecule has 0 amide bonds. The molecule has 0 saturated heterocycles. The van der Waals surface area contributed by atoms with E-state index in [4.69, 9.17) is 10.5 Å². The molecule has 0 atom stereocenters. The lowest BCUT2D eigenvalue weighted by atomic mass is 10.1. The van der Waals surface area contributed by atoms with E-state index in [1.165, 1.54) is 16.6 Å². The fraction of sp³-hybridized carbons (Fsp3) is 0.222. The van der Waals surface area contributed by atoms with Gasteiger partial charge in [0.2, 0.25) is 0 Å². The van der Waals surface area contributed by atoms with E-state index in [2.05, 4.69) is 47.9 Å². The van der Waals surface area contributed by atoms with Crippen LogP contribution < -0.4 is 10.5 Å². The summed E-state index contributed by atoms with van der Waals surface area (Å²) in [5.74, 6) is 0.907. The number of benzene rings is 2. The molecule has 108 valence electrons. The Hall–Kier alpha value is -2.26. The minimum atomic E-state index is 0.544. The highest BCUT2D eigenvalue weighted by molar-refractivity contribution is 5.81. The Bertz CT molecular complexity index is 774. The zero-order valence-corrected chi connectivity index (χ0v) is 12.5. The molecule has 3 heteroatoms. The number of hydrogen-bond acceptors (Lipinski definition) is 2. The van der Waals surface area contributed by atoms with Gasteiger partial charge in [0.1, 0.15) is 5.75 Å². The van der Waals surface area contributed by atoms with E-state index in [0.717, 1.165) is 23.4 Å². The second-order valence-electron chi connectivity index (χ2n) is 5.28. The van der Waals surface area contributed by atoms with Crippen LogP contribution in [-0.2, 0) is 13.1 Å². The zero-order chi connectivity index (χ0) is 14.8. The summed E-state index contributed by atoms with van der Waals surface area (Å²) >= 11 is 0. The van der Waals surface area contributed by atoms with E-state index in [1.807, 2.05) is 12.1 Å². The predicted molar refractivity (Wildman–Crippen MR) is 86.7 cm³/mol. The maximum atomic E-state index is 5.76. The number of rotatable bonds is 4. The summed E-state index contributed by atoms with van der Waals surface area (Å²) in [7, 11) is 1.71. The Kier molecular flexibility index (Phi) is 3.67. The summed E-state index contributed by atoms with van der Waals surface area (Å²) in [5.41, 5.74) is 10.5. The van der Waals surface area contributed by atoms with E-state index < -0.39 is 0 Å². The first-order valence-corrected chi connectivity index (χ1v) is 7.13. The third-order valence-corrected chi connectivity index (χ3v) is 3.93. The SMILES string of the molecule is COc1ccc(CN)cc1Cn1c(C)cc2ccccc21. The first kappa shape index (κ1) is 13.7. The van der Waals surface area contributed by atoms with Gasteiger partial charge in [0.25, 0.3) is 0 Å². The van der Waals surface area contributed by atoms with Crippen LogP contribution in [0.2, 0.25) is 0 Å². The molecule has 0 bridgehead atoms. The number of methoxy groups -OCH3 is 1. The Morgan fingerprint density at radius 3 is 2.67 bits per heavy atom. The molecule has 2 aromatic carbocycles. The molecule has 0 radical (unpaired) electrons. The predicted octanol–water partition coefficient (Wildman–Crippen LogP) is 3.47. The lowest BCUT2D eigenvalue weighted by Crippen LogP contribution is -2.05. The van der Waals surface area contributed by atoms with Crippen molar-refractivity contribution in [1.82, 2.24) is 4.57 Å². The van der Waals surface area contributed by atoms with E-state index in [-0.39, 0.29) is 0 Å². The van der Waals surface area contributed by atoms with Crippen LogP contribution in [0.5, 0.6) is 5.75 Å². The average Bonchev–Trinajstić information content (AvgIpc) is 2.83. The van der Waals surface area contributed by atoms with Crippen molar-refractivity contribution in [3.05, 3.63) is 65.4 Å². The van der Waals surface area contributed by atoms with Crippen LogP contribution in [0.25, 0.3) is 10.9 Å². The third kappa shape index (κ3) is 2.52. The van der Waals surface area contributed by atoms with Crippen molar-refractivity contribution in [3.8, 4) is 5.75 Å². The second kappa shape index (κ2) is 5.62. The summed E-state index contributed by atoms with van der Waals surface area (Å²) in [4.78, 5) is 0. The molecule has 3 aromatic rings. The maximum Gasteiger partial charge on any atom is 0.123 e. The Morgan fingerprint density at radius 1 is 1.10 bits per heavy atom. The number of hydrogen-bond donors (Lipinski definition) is 1. The first-order valence-electron chi connectivity index (χ1n) is 7.13. The van der Waals surface area contributed by atoms with Gasteiger partial charge in [-0.15, -0.1) is 0 Å². The molecule has 1 aromatic heterocycles. The van der Waals surface area contributed by atoms with Crippen LogP contribution in [0.3, 0.4) is 0 Å². The molecule has 0 fully saturated rings. The molecule has 0 aliphatic heterocycles. The van der Waals surface area contributed by atoms with Crippen molar-refractivity contribution in [1.29, 1.82) is 0 Å². The summed E-state index contributed by atoms with van der Waals surface area (Å²) in [6, 6.07) is 16.8. The van der Waals surface area contributed by atoms with E-state index in [9.17, 15) is 0 Å². The highest BCUT2D eigenvalue weighted by Gasteiger charge is 2.09. The number of nitrogens with two attached hydrogens (primary N) is 1. The minimum absolute atomic E-state index is 0.544. The molecular formula is C18H20N2O. The molecule has 1 heterocycles. The van der Waals surface area contributed by atoms with Gasteiger partial charge in [0.05, 0.1) is 13.7 Å². The van der Waals surface area contributed by atoms with E-state index >= 15 is 0 Å². The number of fused-ring (bicyclic) bond motifs is 1. The standard InChI is InChI=1S/C18H20N2O/c1-13-9-15-5-3-4-6-17(15)20(13)12-16-10-14(11-19)7-8-18(16)21-2/h3-10H,11-12,19H2,1-2H3. The fourth-order valence-electron chi connectivity index (χ4n) is 2.81. The molecule has 21 heavy (non-hydrogen) atoms. The first-order chi connectivity index (χ1) is 10.2. The molecule has 3 rings (SSSR count). The van der Waals surface area contributed by atoms with Gasteiger partial charge < -0.3 is 15.0 Å². The quantitative estimate of drug-likeness (QED) is 0.795. The Labute approximate surface area is 125 Å². The van der Waals surface area contributed by atoms with Crippen molar-refractivity contribution >= 4 is 10.9 Å². The summed E-state index contributed by atoms with van der Waals surface area (Å²) in [6.07, 6.45) is 0. The van der Waals surface area contributed by atoms with Gasteiger partial charge in [-0.2, -0.15) is 0 Å². The number of aromatic nitrogens is 1. The molecule has 0 aliphatic rings. The van der Waals surface area contributed by atoms with Crippen molar-refractivity contribution in [3.63, 3.8) is 0 Å². The monoisotopic (exact) mass is 280 g/mol. The van der Waals surface area contributed by atoms with E-state index in [1.54, 1.807) is 7.11 Å². The van der Waals surface area contributed by atoms with Gasteiger partial charge >= 0.3 is 0 Å². The summed E-state index contributed by atoms with van der Waals surface area (Å²) in [6.45, 7) is 3.47. The average molecular weight is 280 g/mol. The largest absolute Gasteiger partial charge is 0.496 e. The minimum Gasteiger partial charge on any atom is -0.496 e. The lowest BCUT2D eigenvalue weighted by Gasteiger charge is -2.13. The smallest absolute Gasteiger partial charge is 0.123 e. The van der Waals surface area contributed by atoms with Crippen molar-refractivity contribution in [2.45, 2.75) is 20.0 Å². The molecule has 0 saturated carbocycles. The van der Waals surface area contributed by atoms with Crippen LogP contribution in [-0.4, -0.2) is 11.7 Å². The van der Waals surface area contributed by atoms with Gasteiger partial charge in [-0.05, 0) is 42.1 Å². The normalized spacial score (nSPS) is 11.0. The molecule has 2 N–H and O–H groups in total. The van der Waals surface area contributed by atoms with Gasteiger partial charge in [0.15, 0.2) is 0 Å². The Balaban J connectivity index is 2.08. The Morgan fingerprint density at radius 2 is 1.90 bits per heavy atom. The molecule has 3 nitrogen and oxygen atoms in total. The van der Waals surface area contributed by atoms with Crippen LogP contribution >= 0.6 is 0 Å². The fourth-order valence-corrected chi connectivity index (χ4v) is 2.81. The summed E-state index contributed by atoms with van der Waals surface area (Å²) in [5, 5.41) is 1.27. The topological polar surface area (TPSA) is 40.2 Å². The molecule has 0 aliphatic carbocycles. The van der Waals surface area contributed by atoms with Crippen LogP contribution in [0.1, 0.15) is 16.8 Å². The number of para-hydroxylation sites is 1. The highest BCUT2D eigenvalue weighted by Crippen LogP contribution is 2.25. The second-order valence-corrected chi connectivity index (χ2v) is 5.28. The van der Waals surface area contributed by atoms with Gasteiger partial charge in [-0.3, -0.25) is 0 Å². The summed E-state index contributed by atoms with van der Waals surface area (Å²) < 4.78 is 7.80. The molecular weight excluding hydrogens is 260 g/mol. The van der Waals surface area contributed by atoms with Crippen molar-refractivity contribution < 1.29 is 4.74 Å². The lowest BCUT2D eigenvalue weighted by molar-refractivity contribution is 0.408. The number of aryl methyl sites for hydroxylation is 1. The molecule has 0 spiro atoms. The van der Waals surface area contributed by atoms with Gasteiger partial charge in [-0.1, -0.05) is 24.3 Å². The van der Waals surface area contributed by atoms with Gasteiger partial charge in [-0.25, -0.2) is 0 Å². The van der Waals surface area contributed by atoms with E-state index in [0.29, 0.717) is 6.54 Å². The zero-order valence-electron chi connectivity index (χ0n) is 12.5. The number of nitrogens with zero attached hydrogens (tertiary/aromatic N) is 1. The van der Waals surface area contributed by atoms with Crippen LogP contribution in [0, 0.1) is 6.92 Å². The van der Waals surface area contributed by atoms with Crippen LogP contribution in [0.4, 0.5) is 0 Å². The van der Waals surface area contributed by atoms with Crippen LogP contribution in [0.15, 0.2) is 48.5 Å².